The molecule has 4 heteroatoms. The Morgan fingerprint density at radius 1 is 1.42 bits per heavy atom. The lowest BCUT2D eigenvalue weighted by atomic mass is 9.77. The normalized spacial score (nSPS) is 35.8. The van der Waals surface area contributed by atoms with Gasteiger partial charge in [-0.25, -0.2) is 0 Å². The van der Waals surface area contributed by atoms with Crippen LogP contribution in [0.5, 0.6) is 0 Å². The van der Waals surface area contributed by atoms with Crippen molar-refractivity contribution in [2.45, 2.75) is 63.1 Å². The van der Waals surface area contributed by atoms with Crippen molar-refractivity contribution < 1.29 is 9.47 Å². The van der Waals surface area contributed by atoms with Crippen molar-refractivity contribution in [1.82, 2.24) is 4.90 Å². The van der Waals surface area contributed by atoms with Gasteiger partial charge < -0.3 is 15.2 Å². The average molecular weight is 270 g/mol. The van der Waals surface area contributed by atoms with Gasteiger partial charge in [0, 0.05) is 38.4 Å². The summed E-state index contributed by atoms with van der Waals surface area (Å²) in [5.41, 5.74) is 6.31. The number of rotatable bonds is 7. The molecular formula is C15H30N2O2. The molecule has 1 heterocycles. The average Bonchev–Trinajstić information content (AvgIpc) is 3.24. The van der Waals surface area contributed by atoms with E-state index in [-0.39, 0.29) is 11.1 Å². The van der Waals surface area contributed by atoms with Gasteiger partial charge in [0.1, 0.15) is 0 Å². The summed E-state index contributed by atoms with van der Waals surface area (Å²) in [6.07, 6.45) is 5.79. The highest BCUT2D eigenvalue weighted by molar-refractivity contribution is 5.04. The van der Waals surface area contributed by atoms with E-state index < -0.39 is 0 Å². The van der Waals surface area contributed by atoms with Crippen molar-refractivity contribution >= 4 is 0 Å². The summed E-state index contributed by atoms with van der Waals surface area (Å²) in [5, 5.41) is 0. The third-order valence-corrected chi connectivity index (χ3v) is 4.98. The van der Waals surface area contributed by atoms with Crippen LogP contribution < -0.4 is 5.73 Å². The van der Waals surface area contributed by atoms with Gasteiger partial charge in [0.25, 0.3) is 0 Å². The highest BCUT2D eigenvalue weighted by atomic mass is 16.5. The van der Waals surface area contributed by atoms with E-state index in [0.29, 0.717) is 0 Å². The third-order valence-electron chi connectivity index (χ3n) is 4.98. The van der Waals surface area contributed by atoms with E-state index in [1.54, 1.807) is 7.11 Å². The lowest BCUT2D eigenvalue weighted by Gasteiger charge is -2.52. The first-order valence-corrected chi connectivity index (χ1v) is 7.69. The Balaban J connectivity index is 2.13. The first kappa shape index (κ1) is 15.2. The first-order chi connectivity index (χ1) is 9.09. The lowest BCUT2D eigenvalue weighted by molar-refractivity contribution is -0.133. The van der Waals surface area contributed by atoms with Gasteiger partial charge in [-0.3, -0.25) is 4.90 Å². The Hall–Kier alpha value is -0.160. The maximum atomic E-state index is 6.21. The molecule has 0 aromatic carbocycles. The Labute approximate surface area is 117 Å². The maximum Gasteiger partial charge on any atom is 0.0670 e. The van der Waals surface area contributed by atoms with Gasteiger partial charge in [0.15, 0.2) is 0 Å². The number of nitrogens with two attached hydrogens (primary N) is 1. The Morgan fingerprint density at radius 3 is 2.68 bits per heavy atom. The number of hydrogen-bond donors (Lipinski definition) is 1. The number of methoxy groups -OCH3 is 1. The van der Waals surface area contributed by atoms with E-state index >= 15 is 0 Å². The Bertz CT molecular complexity index is 296. The fourth-order valence-corrected chi connectivity index (χ4v) is 3.47. The largest absolute Gasteiger partial charge is 0.383 e. The Morgan fingerprint density at radius 2 is 2.16 bits per heavy atom. The quantitative estimate of drug-likeness (QED) is 0.766. The molecule has 112 valence electrons. The maximum absolute atomic E-state index is 6.21. The molecule has 2 atom stereocenters. The molecule has 1 aliphatic carbocycles. The van der Waals surface area contributed by atoms with Crippen LogP contribution >= 0.6 is 0 Å². The molecule has 2 aliphatic rings. The van der Waals surface area contributed by atoms with Crippen molar-refractivity contribution in [1.29, 1.82) is 0 Å². The van der Waals surface area contributed by atoms with Crippen LogP contribution in [-0.2, 0) is 9.47 Å². The molecule has 1 saturated carbocycles. The molecule has 0 spiro atoms. The van der Waals surface area contributed by atoms with Crippen LogP contribution in [0.2, 0.25) is 0 Å². The van der Waals surface area contributed by atoms with Crippen LogP contribution in [0, 0.1) is 0 Å². The molecule has 2 rings (SSSR count). The van der Waals surface area contributed by atoms with Crippen molar-refractivity contribution in [3.63, 3.8) is 0 Å². The summed E-state index contributed by atoms with van der Waals surface area (Å²) in [5.74, 6) is 0. The topological polar surface area (TPSA) is 47.7 Å². The van der Waals surface area contributed by atoms with E-state index in [4.69, 9.17) is 15.2 Å². The number of hydrogen-bond acceptors (Lipinski definition) is 4. The molecule has 2 unspecified atom stereocenters. The fraction of sp³-hybridized carbons (Fsp3) is 1.00. The molecule has 1 saturated heterocycles. The van der Waals surface area contributed by atoms with E-state index in [1.807, 2.05) is 0 Å². The van der Waals surface area contributed by atoms with Crippen molar-refractivity contribution in [2.75, 3.05) is 33.4 Å². The van der Waals surface area contributed by atoms with Gasteiger partial charge in [0.05, 0.1) is 12.2 Å². The zero-order valence-corrected chi connectivity index (χ0v) is 12.8. The van der Waals surface area contributed by atoms with E-state index in [9.17, 15) is 0 Å². The second-order valence-electron chi connectivity index (χ2n) is 6.42. The molecule has 2 N–H and O–H groups in total. The summed E-state index contributed by atoms with van der Waals surface area (Å²) in [6.45, 7) is 7.80. The summed E-state index contributed by atoms with van der Waals surface area (Å²) in [7, 11) is 1.78. The van der Waals surface area contributed by atoms with Crippen LogP contribution in [0.4, 0.5) is 0 Å². The monoisotopic (exact) mass is 270 g/mol. The van der Waals surface area contributed by atoms with E-state index in [0.717, 1.165) is 51.6 Å². The minimum absolute atomic E-state index is 0.0160. The zero-order valence-electron chi connectivity index (χ0n) is 12.8. The molecule has 0 bridgehead atoms. The summed E-state index contributed by atoms with van der Waals surface area (Å²) < 4.78 is 11.3. The zero-order chi connectivity index (χ0) is 13.9. The second-order valence-corrected chi connectivity index (χ2v) is 6.42. The predicted octanol–water partition coefficient (Wildman–Crippen LogP) is 1.77. The number of nitrogens with zero attached hydrogens (tertiary/aromatic N) is 1. The van der Waals surface area contributed by atoms with Crippen LogP contribution in [0.15, 0.2) is 0 Å². The van der Waals surface area contributed by atoms with Gasteiger partial charge in [-0.15, -0.1) is 0 Å². The standard InChI is InChI=1S/C15H30N2O2/c1-4-14(2)11-15(12-16,7-9-19-14)17(8-10-18-3)13-5-6-13/h13H,4-12,16H2,1-3H3. The van der Waals surface area contributed by atoms with Crippen LogP contribution in [0.3, 0.4) is 0 Å². The summed E-state index contributed by atoms with van der Waals surface area (Å²) >= 11 is 0. The SMILES string of the molecule is CCC1(C)CC(CN)(N(CCOC)C2CC2)CCO1. The summed E-state index contributed by atoms with van der Waals surface area (Å²) in [6, 6.07) is 0.720. The lowest BCUT2D eigenvalue weighted by Crippen LogP contribution is -2.62. The van der Waals surface area contributed by atoms with Crippen LogP contribution in [-0.4, -0.2) is 55.5 Å². The number of ether oxygens (including phenoxy) is 2. The minimum atomic E-state index is -0.0160. The predicted molar refractivity (Wildman–Crippen MR) is 77.3 cm³/mol. The summed E-state index contributed by atoms with van der Waals surface area (Å²) in [4.78, 5) is 2.63. The van der Waals surface area contributed by atoms with Gasteiger partial charge in [-0.2, -0.15) is 0 Å². The molecule has 0 radical (unpaired) electrons. The molecule has 0 aromatic heterocycles. The van der Waals surface area contributed by atoms with Gasteiger partial charge in [0.2, 0.25) is 0 Å². The van der Waals surface area contributed by atoms with Gasteiger partial charge in [-0.1, -0.05) is 6.92 Å². The molecule has 19 heavy (non-hydrogen) atoms. The van der Waals surface area contributed by atoms with Crippen molar-refractivity contribution in [3.8, 4) is 0 Å². The molecule has 0 aromatic rings. The highest BCUT2D eigenvalue weighted by Gasteiger charge is 2.49. The van der Waals surface area contributed by atoms with E-state index in [2.05, 4.69) is 18.7 Å². The molecule has 0 amide bonds. The fourth-order valence-electron chi connectivity index (χ4n) is 3.47. The third kappa shape index (κ3) is 3.30. The van der Waals surface area contributed by atoms with Gasteiger partial charge >= 0.3 is 0 Å². The minimum Gasteiger partial charge on any atom is -0.383 e. The van der Waals surface area contributed by atoms with E-state index in [1.165, 1.54) is 12.8 Å². The Kier molecular flexibility index (Phi) is 4.88. The van der Waals surface area contributed by atoms with Crippen LogP contribution in [0.1, 0.15) is 46.0 Å². The molecule has 2 fully saturated rings. The first-order valence-electron chi connectivity index (χ1n) is 7.69. The molecule has 1 aliphatic heterocycles. The smallest absolute Gasteiger partial charge is 0.0670 e. The molecular weight excluding hydrogens is 240 g/mol. The highest BCUT2D eigenvalue weighted by Crippen LogP contribution is 2.42. The molecule has 4 nitrogen and oxygen atoms in total. The second kappa shape index (κ2) is 6.08. The van der Waals surface area contributed by atoms with Crippen molar-refractivity contribution in [3.05, 3.63) is 0 Å². The van der Waals surface area contributed by atoms with Gasteiger partial charge in [-0.05, 0) is 39.0 Å². The van der Waals surface area contributed by atoms with Crippen molar-refractivity contribution in [2.24, 2.45) is 5.73 Å². The van der Waals surface area contributed by atoms with Crippen LogP contribution in [0.25, 0.3) is 0 Å².